The van der Waals surface area contributed by atoms with Gasteiger partial charge in [-0.1, -0.05) is 11.8 Å². The number of aliphatic hydroxyl groups excluding tert-OH is 1. The van der Waals surface area contributed by atoms with Crippen LogP contribution in [0.1, 0.15) is 25.8 Å². The summed E-state index contributed by atoms with van der Waals surface area (Å²) in [6.45, 7) is 2.03. The molecule has 0 radical (unpaired) electrons. The Morgan fingerprint density at radius 1 is 1.55 bits per heavy atom. The van der Waals surface area contributed by atoms with Crippen LogP contribution < -0.4 is 5.32 Å². The maximum Gasteiger partial charge on any atom is 0.261 e. The van der Waals surface area contributed by atoms with Crippen LogP contribution in [0.4, 0.5) is 0 Å². The molecule has 2 aromatic rings. The molecule has 0 aliphatic carbocycles. The smallest absolute Gasteiger partial charge is 0.261 e. The highest BCUT2D eigenvalue weighted by molar-refractivity contribution is 7.14. The van der Waals surface area contributed by atoms with Crippen LogP contribution in [0.2, 0.25) is 0 Å². The van der Waals surface area contributed by atoms with E-state index < -0.39 is 0 Å². The lowest BCUT2D eigenvalue weighted by Gasteiger charge is -2.01. The normalized spacial score (nSPS) is 9.70. The van der Waals surface area contributed by atoms with Gasteiger partial charge < -0.3 is 10.4 Å². The van der Waals surface area contributed by atoms with Crippen LogP contribution in [0.3, 0.4) is 0 Å². The van der Waals surface area contributed by atoms with Crippen molar-refractivity contribution >= 4 is 17.2 Å². The van der Waals surface area contributed by atoms with Gasteiger partial charge in [0.05, 0.1) is 22.0 Å². The lowest BCUT2D eigenvalue weighted by atomic mass is 10.2. The van der Waals surface area contributed by atoms with Crippen molar-refractivity contribution in [2.45, 2.75) is 13.5 Å². The van der Waals surface area contributed by atoms with Crippen molar-refractivity contribution in [1.29, 1.82) is 0 Å². The highest BCUT2D eigenvalue weighted by Crippen LogP contribution is 2.20. The van der Waals surface area contributed by atoms with Crippen molar-refractivity contribution in [1.82, 2.24) is 15.5 Å². The number of aromatic nitrogens is 2. The fourth-order valence-corrected chi connectivity index (χ4v) is 2.49. The average molecular weight is 287 g/mol. The molecule has 0 fully saturated rings. The first-order chi connectivity index (χ1) is 9.70. The van der Waals surface area contributed by atoms with Crippen molar-refractivity contribution in [3.05, 3.63) is 45.4 Å². The third-order valence-corrected chi connectivity index (χ3v) is 3.63. The maximum atomic E-state index is 12.0. The summed E-state index contributed by atoms with van der Waals surface area (Å²) in [6, 6.07) is 5.36. The Labute approximate surface area is 120 Å². The highest BCUT2D eigenvalue weighted by atomic mass is 32.1. The molecule has 2 rings (SSSR count). The topological polar surface area (TPSA) is 75.1 Å². The van der Waals surface area contributed by atoms with Crippen LogP contribution in [0.15, 0.2) is 24.4 Å². The second-order valence-corrected chi connectivity index (χ2v) is 5.03. The Morgan fingerprint density at radius 3 is 3.10 bits per heavy atom. The van der Waals surface area contributed by atoms with Gasteiger partial charge in [-0.2, -0.15) is 10.2 Å². The van der Waals surface area contributed by atoms with E-state index in [4.69, 9.17) is 5.11 Å². The number of thiophene rings is 1. The number of carbonyl (C=O) groups is 1. The van der Waals surface area contributed by atoms with Gasteiger partial charge in [-0.25, -0.2) is 0 Å². The lowest BCUT2D eigenvalue weighted by molar-refractivity contribution is 0.0954. The molecule has 0 aliphatic rings. The molecule has 0 unspecified atom stereocenters. The fourth-order valence-electron chi connectivity index (χ4n) is 1.52. The van der Waals surface area contributed by atoms with E-state index in [1.54, 1.807) is 24.4 Å². The van der Waals surface area contributed by atoms with Gasteiger partial charge >= 0.3 is 0 Å². The number of aryl methyl sites for hydroxylation is 1. The van der Waals surface area contributed by atoms with Crippen LogP contribution in [-0.4, -0.2) is 27.8 Å². The number of aliphatic hydroxyl groups is 1. The molecular formula is C14H13N3O2S. The summed E-state index contributed by atoms with van der Waals surface area (Å²) in [6.07, 6.45) is 1.58. The summed E-state index contributed by atoms with van der Waals surface area (Å²) >= 11 is 1.31. The molecule has 0 aromatic carbocycles. The lowest BCUT2D eigenvalue weighted by Crippen LogP contribution is -2.22. The summed E-state index contributed by atoms with van der Waals surface area (Å²) in [5.41, 5.74) is 1.63. The van der Waals surface area contributed by atoms with Crippen LogP contribution in [0.25, 0.3) is 0 Å². The molecule has 0 atom stereocenters. The third-order valence-electron chi connectivity index (χ3n) is 2.48. The van der Waals surface area contributed by atoms with Gasteiger partial charge in [-0.15, -0.1) is 11.3 Å². The van der Waals surface area contributed by atoms with Crippen LogP contribution in [0.5, 0.6) is 0 Å². The molecule has 2 aromatic heterocycles. The number of hydrogen-bond donors (Lipinski definition) is 2. The SMILES string of the molecule is Cc1cc(C(=O)NCc2cccnn2)sc1C#CCO. The average Bonchev–Trinajstić information content (AvgIpc) is 2.85. The summed E-state index contributed by atoms with van der Waals surface area (Å²) in [7, 11) is 0. The first-order valence-corrected chi connectivity index (χ1v) is 6.77. The first kappa shape index (κ1) is 14.2. The molecule has 6 heteroatoms. The van der Waals surface area contributed by atoms with E-state index in [0.29, 0.717) is 17.1 Å². The van der Waals surface area contributed by atoms with Gasteiger partial charge in [0.25, 0.3) is 5.91 Å². The maximum absolute atomic E-state index is 12.0. The van der Waals surface area contributed by atoms with Gasteiger partial charge in [0.15, 0.2) is 0 Å². The molecule has 102 valence electrons. The van der Waals surface area contributed by atoms with Gasteiger partial charge in [0.1, 0.15) is 6.61 Å². The standard InChI is InChI=1S/C14H13N3O2S/c1-10-8-13(20-12(10)5-3-7-18)14(19)15-9-11-4-2-6-16-17-11/h2,4,6,8,18H,7,9H2,1H3,(H,15,19). The fraction of sp³-hybridized carbons (Fsp3) is 0.214. The quantitative estimate of drug-likeness (QED) is 0.830. The van der Waals surface area contributed by atoms with Gasteiger partial charge in [-0.3, -0.25) is 4.79 Å². The molecule has 0 bridgehead atoms. The van der Waals surface area contributed by atoms with Crippen molar-refractivity contribution in [2.75, 3.05) is 6.61 Å². The van der Waals surface area contributed by atoms with E-state index in [1.807, 2.05) is 6.92 Å². The monoisotopic (exact) mass is 287 g/mol. The van der Waals surface area contributed by atoms with E-state index in [1.165, 1.54) is 11.3 Å². The molecule has 2 N–H and O–H groups in total. The molecule has 0 spiro atoms. The van der Waals surface area contributed by atoms with Crippen molar-refractivity contribution in [2.24, 2.45) is 0 Å². The van der Waals surface area contributed by atoms with Gasteiger partial charge in [-0.05, 0) is 30.7 Å². The molecule has 0 aliphatic heterocycles. The van der Waals surface area contributed by atoms with Gasteiger partial charge in [0.2, 0.25) is 0 Å². The number of rotatable bonds is 3. The molecule has 0 saturated heterocycles. The highest BCUT2D eigenvalue weighted by Gasteiger charge is 2.11. The van der Waals surface area contributed by atoms with E-state index in [-0.39, 0.29) is 12.5 Å². The minimum absolute atomic E-state index is 0.166. The molecule has 1 amide bonds. The largest absolute Gasteiger partial charge is 0.384 e. The summed E-state index contributed by atoms with van der Waals surface area (Å²) < 4.78 is 0. The summed E-state index contributed by atoms with van der Waals surface area (Å²) in [5, 5.41) is 19.1. The van der Waals surface area contributed by atoms with E-state index >= 15 is 0 Å². The van der Waals surface area contributed by atoms with E-state index in [0.717, 1.165) is 10.4 Å². The Hall–Kier alpha value is -2.23. The Kier molecular flexibility index (Phi) is 4.82. The molecule has 2 heterocycles. The van der Waals surface area contributed by atoms with E-state index in [9.17, 15) is 4.79 Å². The number of nitrogens with zero attached hydrogens (tertiary/aromatic N) is 2. The Balaban J connectivity index is 2.03. The Bertz CT molecular complexity index is 656. The minimum atomic E-state index is -0.189. The number of nitrogens with one attached hydrogen (secondary N) is 1. The molecule has 20 heavy (non-hydrogen) atoms. The zero-order valence-electron chi connectivity index (χ0n) is 10.9. The zero-order valence-corrected chi connectivity index (χ0v) is 11.7. The first-order valence-electron chi connectivity index (χ1n) is 5.95. The molecule has 0 saturated carbocycles. The third kappa shape index (κ3) is 3.63. The van der Waals surface area contributed by atoms with Crippen LogP contribution in [-0.2, 0) is 6.54 Å². The van der Waals surface area contributed by atoms with E-state index in [2.05, 4.69) is 27.4 Å². The second-order valence-electron chi connectivity index (χ2n) is 3.98. The summed E-state index contributed by atoms with van der Waals surface area (Å²) in [4.78, 5) is 13.4. The number of amides is 1. The zero-order chi connectivity index (χ0) is 14.4. The molecule has 5 nitrogen and oxygen atoms in total. The number of carbonyl (C=O) groups excluding carboxylic acids is 1. The van der Waals surface area contributed by atoms with Crippen LogP contribution in [0, 0.1) is 18.8 Å². The Morgan fingerprint density at radius 2 is 2.40 bits per heavy atom. The summed E-state index contributed by atoms with van der Waals surface area (Å²) in [5.74, 6) is 5.24. The van der Waals surface area contributed by atoms with Gasteiger partial charge in [0, 0.05) is 6.20 Å². The minimum Gasteiger partial charge on any atom is -0.384 e. The van der Waals surface area contributed by atoms with Crippen LogP contribution >= 0.6 is 11.3 Å². The molecular weight excluding hydrogens is 274 g/mol. The second kappa shape index (κ2) is 6.80. The number of hydrogen-bond acceptors (Lipinski definition) is 5. The predicted octanol–water partition coefficient (Wildman–Crippen LogP) is 1.12. The van der Waals surface area contributed by atoms with Crippen molar-refractivity contribution < 1.29 is 9.90 Å². The van der Waals surface area contributed by atoms with Crippen molar-refractivity contribution in [3.8, 4) is 11.8 Å². The van der Waals surface area contributed by atoms with Crippen molar-refractivity contribution in [3.63, 3.8) is 0 Å². The predicted molar refractivity (Wildman–Crippen MR) is 76.2 cm³/mol.